The van der Waals surface area contributed by atoms with Crippen molar-refractivity contribution < 1.29 is 0 Å². The van der Waals surface area contributed by atoms with E-state index in [1.54, 1.807) is 107 Å². The molecule has 0 aliphatic heterocycles. The second-order valence-corrected chi connectivity index (χ2v) is 191. The van der Waals surface area contributed by atoms with Gasteiger partial charge >= 0.3 is 0 Å². The van der Waals surface area contributed by atoms with Crippen molar-refractivity contribution in [3.8, 4) is 0 Å². The minimum absolute atomic E-state index is 1.37. The Balaban J connectivity index is 6.19. The molecule has 0 atom stereocenters. The molecule has 0 bridgehead atoms. The van der Waals surface area contributed by atoms with Crippen LogP contribution in [0.5, 0.6) is 0 Å². The van der Waals surface area contributed by atoms with Crippen molar-refractivity contribution in [2.75, 3.05) is 0 Å². The summed E-state index contributed by atoms with van der Waals surface area (Å²) >= 11 is 9.66. The molecule has 106 heteroatoms. The van der Waals surface area contributed by atoms with E-state index >= 15 is 0 Å². The molecule has 0 rings (SSSR count). The Bertz CT molecular complexity index is 8000. The molecule has 0 N–H and O–H groups in total. The van der Waals surface area contributed by atoms with Crippen molar-refractivity contribution in [3.05, 3.63) is 0 Å². The molecule has 0 heterocycles. The van der Waals surface area contributed by atoms with Gasteiger partial charge in [-0.2, -0.15) is 0 Å². The van der Waals surface area contributed by atoms with Gasteiger partial charge in [-0.1, -0.05) is 0 Å². The molecule has 0 unspecified atom stereocenters. The Morgan fingerprint density at radius 3 is 0.104 bits per heavy atom. The van der Waals surface area contributed by atoms with Crippen molar-refractivity contribution in [2.45, 2.75) is 0 Å². The Hall–Kier alpha value is 23.3. The molecular formula is S106. The van der Waals surface area contributed by atoms with Crippen molar-refractivity contribution >= 4 is 946 Å². The van der Waals surface area contributed by atoms with Crippen molar-refractivity contribution in [1.82, 2.24) is 0 Å². The van der Waals surface area contributed by atoms with Crippen molar-refractivity contribution in [3.63, 3.8) is 0 Å². The molecule has 0 spiro atoms. The second kappa shape index (κ2) is 128. The van der Waals surface area contributed by atoms with E-state index in [1.165, 1.54) is 17.8 Å². The van der Waals surface area contributed by atoms with Crippen LogP contribution in [-0.2, 0) is 946 Å². The lowest BCUT2D eigenvalue weighted by Crippen LogP contribution is -1.42. The van der Waals surface area contributed by atoms with E-state index in [1.807, 2.05) is 799 Å². The van der Waals surface area contributed by atoms with Crippen LogP contribution >= 0.6 is 0 Å². The fourth-order valence-electron chi connectivity index (χ4n) is 1.16. The third-order valence-corrected chi connectivity index (χ3v) is 232. The third-order valence-electron chi connectivity index (χ3n) is 2.86. The first kappa shape index (κ1) is 129. The average Bonchev–Trinajstić information content (AvgIpc) is 3.85. The first-order chi connectivity index (χ1) is 52.9. The van der Waals surface area contributed by atoms with Crippen LogP contribution in [0.1, 0.15) is 0 Å². The summed E-state index contributed by atoms with van der Waals surface area (Å²) in [7, 11) is 188. The zero-order valence-electron chi connectivity index (χ0n) is 43.3. The highest BCUT2D eigenvalue weighted by Crippen LogP contribution is 1.51. The zero-order valence-corrected chi connectivity index (χ0v) is 130. The molecule has 0 radical (unpaired) electrons. The largest absolute Gasteiger partial charge is 0 e. The van der Waals surface area contributed by atoms with Gasteiger partial charge in [-0.3, -0.25) is 0 Å². The van der Waals surface area contributed by atoms with Gasteiger partial charge in [0.1, 0.15) is 0 Å². The first-order valence-electron chi connectivity index (χ1n) is 17.5. The van der Waals surface area contributed by atoms with Gasteiger partial charge in [0.2, 0.25) is 0 Å². The van der Waals surface area contributed by atoms with Gasteiger partial charge in [0.05, 0.1) is 0 Å². The molecule has 0 saturated carbocycles. The summed E-state index contributed by atoms with van der Waals surface area (Å²) in [5.41, 5.74) is 0. The quantitative estimate of drug-likeness (QED) is 0.329. The molecule has 0 aliphatic rings. The van der Waals surface area contributed by atoms with Gasteiger partial charge in [-0.25, -0.2) is 0 Å². The SMILES string of the molecule is S=S=S=S=S=S=S=S=S=S=S=S=S=S=S=S=S=S=S=S=S=S=S=S=S=S=S=S=S=S=S=S=S=S=S=S=S=S=S=S=S=S=S=S=S=S=S=S=S=S=S=S=S=S=S=S=S=S=S=S=S=S=S=S=S=S=S=S=S=S=S=S=S=S=S=S=S=S=S=S=S=S=S=S=S=S=S=S=S=S=S=S=S=S=S=S=S=S=S=S=S=S=S=S=S=S. The normalized spacial score (nSPS) is 7.89. The third kappa shape index (κ3) is 127. The molecule has 0 amide bonds. The maximum absolute atomic E-state index is 4.83. The van der Waals surface area contributed by atoms with E-state index in [4.69, 9.17) is 22.4 Å². The van der Waals surface area contributed by atoms with E-state index in [0.29, 0.717) is 0 Å². The monoisotopic (exact) mass is 3390 g/mol. The maximum atomic E-state index is 4.83. The highest BCUT2D eigenvalue weighted by atomic mass is 33.6. The van der Waals surface area contributed by atoms with E-state index in [-0.39, 0.29) is 0 Å². The second-order valence-electron chi connectivity index (χ2n) is 7.08. The average molecular weight is 3400 g/mol. The van der Waals surface area contributed by atoms with Crippen LogP contribution in [0.15, 0.2) is 0 Å². The van der Waals surface area contributed by atoms with E-state index in [2.05, 4.69) is 0 Å². The van der Waals surface area contributed by atoms with Gasteiger partial charge in [-0.15, -0.1) is 0 Å². The standard InChI is InChI=1S/S106/c1-3-5-7-9-11-13-15-17-19-21-23-25-27-29-31-33-35-37-39-41-43-45-47-49-51-53-55-57-59-61-63-65-67-69-71-73-75-77-79-81-83-85-87-89-91-93-95-97-99-101-103-105-106-104-102-100-98-96-94-92-90-88-86-84-82-80-78-76-74-72-70-68-66-64-62-60-58-56-54-52-50-48-46-44-42-40-38-36-34-32-30-28-26-24-22-20-18-16-14-12-10-8-6-4-2. The Labute approximate surface area is 915 Å². The number of hydrogen-bond acceptors (Lipinski definition) is 2. The fourth-order valence-corrected chi connectivity index (χ4v) is 281. The van der Waals surface area contributed by atoms with Gasteiger partial charge in [-0.05, 0) is 0 Å². The van der Waals surface area contributed by atoms with Gasteiger partial charge in [0, 0.05) is 946 Å². The molecule has 0 aliphatic carbocycles. The Kier molecular flexibility index (Phi) is 157. The fraction of sp³-hybridized carbons (Fsp3) is 0. The molecule has 0 aromatic carbocycles. The molecule has 106 heavy (non-hydrogen) atoms. The zero-order chi connectivity index (χ0) is 75.5. The molecular weight excluding hydrogens is 3400 g/mol. The number of hydrogen-bond donors (Lipinski definition) is 0. The first-order valence-corrected chi connectivity index (χ1v) is 157. The van der Waals surface area contributed by atoms with Crippen molar-refractivity contribution in [1.29, 1.82) is 0 Å². The maximum Gasteiger partial charge on any atom is 0 e. The van der Waals surface area contributed by atoms with Crippen LogP contribution in [-0.4, -0.2) is 0 Å². The highest BCUT2D eigenvalue weighted by Gasteiger charge is 1.51. The van der Waals surface area contributed by atoms with Crippen molar-refractivity contribution in [2.24, 2.45) is 0 Å². The minimum atomic E-state index is 1.37. The van der Waals surface area contributed by atoms with Crippen LogP contribution in [0.2, 0.25) is 0 Å². The van der Waals surface area contributed by atoms with Gasteiger partial charge in [0.25, 0.3) is 0 Å². The van der Waals surface area contributed by atoms with Crippen LogP contribution in [0.4, 0.5) is 0 Å². The van der Waals surface area contributed by atoms with Crippen LogP contribution < -0.4 is 0 Å². The molecule has 0 aromatic rings. The summed E-state index contributed by atoms with van der Waals surface area (Å²) in [5.74, 6) is 0. The summed E-state index contributed by atoms with van der Waals surface area (Å²) in [4.78, 5) is 0. The summed E-state index contributed by atoms with van der Waals surface area (Å²) in [6, 6.07) is 0. The number of rotatable bonds is 0. The van der Waals surface area contributed by atoms with Gasteiger partial charge < -0.3 is 0 Å². The van der Waals surface area contributed by atoms with E-state index in [0.717, 1.165) is 0 Å². The summed E-state index contributed by atoms with van der Waals surface area (Å²) < 4.78 is 0. The predicted octanol–water partition coefficient (Wildman–Crippen LogP) is -0.254. The lowest BCUT2D eigenvalue weighted by molar-refractivity contribution is 5.95. The summed E-state index contributed by atoms with van der Waals surface area (Å²) in [6.07, 6.45) is 0. The lowest BCUT2D eigenvalue weighted by atomic mass is 30.7. The van der Waals surface area contributed by atoms with E-state index < -0.39 is 0 Å². The van der Waals surface area contributed by atoms with Gasteiger partial charge in [0.15, 0.2) is 0 Å². The minimum Gasteiger partial charge on any atom is 0 e. The highest BCUT2D eigenvalue weighted by molar-refractivity contribution is 8.88. The molecule has 0 saturated heterocycles. The lowest BCUT2D eigenvalue weighted by Gasteiger charge is -1.41. The molecule has 0 nitrogen and oxygen atoms in total. The predicted molar refractivity (Wildman–Crippen MR) is 781 cm³/mol. The van der Waals surface area contributed by atoms with Crippen LogP contribution in [0, 0.1) is 0 Å². The Morgan fingerprint density at radius 2 is 0.0755 bits per heavy atom. The molecule has 636 valence electrons. The molecule has 0 aromatic heterocycles. The topological polar surface area (TPSA) is 0 Å². The smallest absolute Gasteiger partial charge is 0 e. The van der Waals surface area contributed by atoms with Crippen LogP contribution in [0.25, 0.3) is 0 Å². The summed E-state index contributed by atoms with van der Waals surface area (Å²) in [5, 5.41) is 0. The van der Waals surface area contributed by atoms with E-state index in [9.17, 15) is 0 Å². The van der Waals surface area contributed by atoms with Crippen LogP contribution in [0.3, 0.4) is 0 Å². The summed E-state index contributed by atoms with van der Waals surface area (Å²) in [6.45, 7) is 0. The molecule has 0 fully saturated rings. The Morgan fingerprint density at radius 1 is 0.0472 bits per heavy atom.